The number of hydrogen-bond donors (Lipinski definition) is 1. The van der Waals surface area contributed by atoms with Crippen LogP contribution >= 0.6 is 0 Å². The van der Waals surface area contributed by atoms with Crippen molar-refractivity contribution in [1.82, 2.24) is 4.90 Å². The van der Waals surface area contributed by atoms with E-state index in [1.807, 2.05) is 19.9 Å². The van der Waals surface area contributed by atoms with Crippen LogP contribution in [0.25, 0.3) is 0 Å². The molecule has 0 spiro atoms. The van der Waals surface area contributed by atoms with Crippen LogP contribution in [0.1, 0.15) is 28.4 Å². The van der Waals surface area contributed by atoms with Crippen LogP contribution in [-0.2, 0) is 14.8 Å². The fourth-order valence-corrected chi connectivity index (χ4v) is 4.50. The van der Waals surface area contributed by atoms with E-state index < -0.39 is 10.0 Å². The number of benzene rings is 2. The molecule has 1 atom stereocenters. The van der Waals surface area contributed by atoms with Crippen molar-refractivity contribution in [3.05, 3.63) is 59.2 Å². The minimum Gasteiger partial charge on any atom is -0.377 e. The van der Waals surface area contributed by atoms with Crippen LogP contribution in [0.4, 0.5) is 5.69 Å². The predicted octanol–water partition coefficient (Wildman–Crippen LogP) is 2.97. The van der Waals surface area contributed by atoms with Gasteiger partial charge in [-0.2, -0.15) is 0 Å². The van der Waals surface area contributed by atoms with Crippen LogP contribution in [-0.4, -0.2) is 45.0 Å². The van der Waals surface area contributed by atoms with E-state index in [-0.39, 0.29) is 16.8 Å². The summed E-state index contributed by atoms with van der Waals surface area (Å²) < 4.78 is 33.4. The Morgan fingerprint density at radius 1 is 1.19 bits per heavy atom. The number of carbonyl (C=O) groups excluding carboxylic acids is 1. The zero-order chi connectivity index (χ0) is 19.6. The molecular weight excluding hydrogens is 364 g/mol. The van der Waals surface area contributed by atoms with Crippen LogP contribution in [0.2, 0.25) is 0 Å². The summed E-state index contributed by atoms with van der Waals surface area (Å²) in [5.41, 5.74) is 2.49. The zero-order valence-electron chi connectivity index (χ0n) is 15.7. The number of nitrogens with zero attached hydrogens (tertiary/aromatic N) is 1. The summed E-state index contributed by atoms with van der Waals surface area (Å²) in [6.45, 7) is 7.15. The van der Waals surface area contributed by atoms with Gasteiger partial charge in [0.2, 0.25) is 0 Å². The summed E-state index contributed by atoms with van der Waals surface area (Å²) in [4.78, 5) is 14.8. The van der Waals surface area contributed by atoms with Crippen LogP contribution in [0.5, 0.6) is 0 Å². The topological polar surface area (TPSA) is 75.7 Å². The molecule has 2 aromatic rings. The summed E-state index contributed by atoms with van der Waals surface area (Å²) in [5.74, 6) is -0.127. The number of carbonyl (C=O) groups is 1. The number of morpholine rings is 1. The Hall–Kier alpha value is -2.38. The lowest BCUT2D eigenvalue weighted by molar-refractivity contribution is 0.00360. The highest BCUT2D eigenvalue weighted by atomic mass is 32.2. The number of anilines is 1. The quantitative estimate of drug-likeness (QED) is 0.874. The third-order valence-corrected chi connectivity index (χ3v) is 6.15. The molecule has 1 aliphatic rings. The van der Waals surface area contributed by atoms with Crippen molar-refractivity contribution >= 4 is 21.6 Å². The van der Waals surface area contributed by atoms with Crippen LogP contribution in [0.15, 0.2) is 47.4 Å². The molecule has 1 saturated heterocycles. The van der Waals surface area contributed by atoms with Crippen molar-refractivity contribution in [3.8, 4) is 0 Å². The lowest BCUT2D eigenvalue weighted by Gasteiger charge is -2.33. The third kappa shape index (κ3) is 4.31. The number of sulfonamides is 1. The summed E-state index contributed by atoms with van der Waals surface area (Å²) >= 11 is 0. The van der Waals surface area contributed by atoms with E-state index in [1.165, 1.54) is 0 Å². The van der Waals surface area contributed by atoms with E-state index in [0.29, 0.717) is 36.6 Å². The summed E-state index contributed by atoms with van der Waals surface area (Å²) in [6.07, 6.45) is 0. The first kappa shape index (κ1) is 19.4. The van der Waals surface area contributed by atoms with Gasteiger partial charge in [0.15, 0.2) is 0 Å². The number of hydrogen-bond acceptors (Lipinski definition) is 4. The summed E-state index contributed by atoms with van der Waals surface area (Å²) in [5, 5.41) is 0. The second-order valence-electron chi connectivity index (χ2n) is 6.88. The number of nitrogens with one attached hydrogen (secondary N) is 1. The van der Waals surface area contributed by atoms with Crippen molar-refractivity contribution < 1.29 is 17.9 Å². The molecule has 6 nitrogen and oxygen atoms in total. The maximum atomic E-state index is 12.8. The van der Waals surface area contributed by atoms with Crippen molar-refractivity contribution in [2.24, 2.45) is 0 Å². The molecule has 27 heavy (non-hydrogen) atoms. The van der Waals surface area contributed by atoms with Gasteiger partial charge in [-0.25, -0.2) is 8.42 Å². The average molecular weight is 388 g/mol. The standard InChI is InChI=1S/C20H24N2O4S/c1-14-7-8-19(15(2)11-14)27(24,25)21-18-6-4-5-17(12-18)20(23)22-9-10-26-13-16(22)3/h4-8,11-12,16,21H,9-10,13H2,1-3H3. The number of rotatable bonds is 4. The largest absolute Gasteiger partial charge is 0.377 e. The van der Waals surface area contributed by atoms with Gasteiger partial charge >= 0.3 is 0 Å². The minimum atomic E-state index is -3.73. The molecule has 1 aliphatic heterocycles. The van der Waals surface area contributed by atoms with Gasteiger partial charge in [-0.05, 0) is 50.6 Å². The van der Waals surface area contributed by atoms with Gasteiger partial charge in [-0.15, -0.1) is 0 Å². The van der Waals surface area contributed by atoms with Crippen molar-refractivity contribution in [3.63, 3.8) is 0 Å². The Labute approximate surface area is 160 Å². The third-order valence-electron chi connectivity index (χ3n) is 4.61. The first-order valence-electron chi connectivity index (χ1n) is 8.87. The van der Waals surface area contributed by atoms with Gasteiger partial charge in [0.1, 0.15) is 0 Å². The minimum absolute atomic E-state index is 0.0122. The summed E-state index contributed by atoms with van der Waals surface area (Å²) in [6, 6.07) is 11.8. The van der Waals surface area contributed by atoms with Gasteiger partial charge in [0.25, 0.3) is 15.9 Å². The number of amides is 1. The molecule has 1 N–H and O–H groups in total. The maximum absolute atomic E-state index is 12.8. The maximum Gasteiger partial charge on any atom is 0.262 e. The normalized spacial score (nSPS) is 17.6. The highest BCUT2D eigenvalue weighted by molar-refractivity contribution is 7.92. The molecule has 3 rings (SSSR count). The van der Waals surface area contributed by atoms with Gasteiger partial charge in [-0.3, -0.25) is 9.52 Å². The van der Waals surface area contributed by atoms with Gasteiger partial charge in [-0.1, -0.05) is 23.8 Å². The second-order valence-corrected chi connectivity index (χ2v) is 8.53. The highest BCUT2D eigenvalue weighted by Gasteiger charge is 2.25. The smallest absolute Gasteiger partial charge is 0.262 e. The van der Waals surface area contributed by atoms with E-state index in [2.05, 4.69) is 4.72 Å². The number of ether oxygens (including phenoxy) is 1. The molecule has 0 bridgehead atoms. The fourth-order valence-electron chi connectivity index (χ4n) is 3.22. The van der Waals surface area contributed by atoms with E-state index >= 15 is 0 Å². The molecule has 0 saturated carbocycles. The number of aryl methyl sites for hydroxylation is 2. The van der Waals surface area contributed by atoms with Crippen molar-refractivity contribution in [1.29, 1.82) is 0 Å². The predicted molar refractivity (Wildman–Crippen MR) is 104 cm³/mol. The van der Waals surface area contributed by atoms with E-state index in [0.717, 1.165) is 5.56 Å². The Bertz CT molecular complexity index is 956. The first-order chi connectivity index (χ1) is 12.8. The molecule has 7 heteroatoms. The summed E-state index contributed by atoms with van der Waals surface area (Å²) in [7, 11) is -3.73. The lowest BCUT2D eigenvalue weighted by atomic mass is 10.1. The lowest BCUT2D eigenvalue weighted by Crippen LogP contribution is -2.47. The average Bonchev–Trinajstić information content (AvgIpc) is 2.61. The highest BCUT2D eigenvalue weighted by Crippen LogP contribution is 2.22. The molecule has 0 aromatic heterocycles. The molecule has 1 heterocycles. The molecule has 1 amide bonds. The van der Waals surface area contributed by atoms with Crippen LogP contribution in [0, 0.1) is 13.8 Å². The molecule has 1 unspecified atom stereocenters. The van der Waals surface area contributed by atoms with E-state index in [1.54, 1.807) is 48.2 Å². The molecular formula is C20H24N2O4S. The monoisotopic (exact) mass is 388 g/mol. The molecule has 1 fully saturated rings. The van der Waals surface area contributed by atoms with Crippen LogP contribution < -0.4 is 4.72 Å². The van der Waals surface area contributed by atoms with Crippen molar-refractivity contribution in [2.75, 3.05) is 24.5 Å². The zero-order valence-corrected chi connectivity index (χ0v) is 16.5. The SMILES string of the molecule is Cc1ccc(S(=O)(=O)Nc2cccc(C(=O)N3CCOCC3C)c2)c(C)c1. The van der Waals surface area contributed by atoms with Gasteiger partial charge in [0.05, 0.1) is 24.2 Å². The molecule has 0 aliphatic carbocycles. The van der Waals surface area contributed by atoms with Gasteiger partial charge < -0.3 is 9.64 Å². The Balaban J connectivity index is 1.84. The Morgan fingerprint density at radius 2 is 1.96 bits per heavy atom. The molecule has 2 aromatic carbocycles. The second kappa shape index (κ2) is 7.70. The molecule has 0 radical (unpaired) electrons. The Kier molecular flexibility index (Phi) is 5.53. The first-order valence-corrected chi connectivity index (χ1v) is 10.3. The fraction of sp³-hybridized carbons (Fsp3) is 0.350. The van der Waals surface area contributed by atoms with E-state index in [4.69, 9.17) is 4.74 Å². The van der Waals surface area contributed by atoms with Crippen molar-refractivity contribution in [2.45, 2.75) is 31.7 Å². The Morgan fingerprint density at radius 3 is 2.67 bits per heavy atom. The van der Waals surface area contributed by atoms with Crippen LogP contribution in [0.3, 0.4) is 0 Å². The van der Waals surface area contributed by atoms with E-state index in [9.17, 15) is 13.2 Å². The van der Waals surface area contributed by atoms with Gasteiger partial charge in [0, 0.05) is 17.8 Å². The molecule has 144 valence electrons.